The molecule has 1 aromatic carbocycles. The zero-order chi connectivity index (χ0) is 19.0. The minimum atomic E-state index is -0.220. The van der Waals surface area contributed by atoms with Crippen LogP contribution in [0.1, 0.15) is 28.7 Å². The number of pyridine rings is 1. The van der Waals surface area contributed by atoms with Crippen LogP contribution in [-0.2, 0) is 6.42 Å². The average molecular weight is 366 g/mol. The van der Waals surface area contributed by atoms with Crippen LogP contribution in [-0.4, -0.2) is 46.4 Å². The van der Waals surface area contributed by atoms with Gasteiger partial charge < -0.3 is 9.80 Å². The third kappa shape index (κ3) is 3.16. The summed E-state index contributed by atoms with van der Waals surface area (Å²) in [4.78, 5) is 21.7. The number of anilines is 1. The van der Waals surface area contributed by atoms with Gasteiger partial charge in [0.2, 0.25) is 0 Å². The van der Waals surface area contributed by atoms with Gasteiger partial charge in [0.05, 0.1) is 11.4 Å². The highest BCUT2D eigenvalue weighted by molar-refractivity contribution is 5.95. The number of aromatic nitrogens is 2. The number of carbonyl (C=O) groups excluding carboxylic acids is 1. The van der Waals surface area contributed by atoms with Crippen LogP contribution in [0, 0.1) is 12.7 Å². The molecule has 27 heavy (non-hydrogen) atoms. The number of imidazole rings is 1. The van der Waals surface area contributed by atoms with Crippen LogP contribution in [0.3, 0.4) is 0 Å². The molecule has 0 aliphatic carbocycles. The Hall–Kier alpha value is -2.89. The third-order valence-electron chi connectivity index (χ3n) is 5.14. The van der Waals surface area contributed by atoms with E-state index in [0.29, 0.717) is 44.0 Å². The Morgan fingerprint density at radius 2 is 1.85 bits per heavy atom. The highest BCUT2D eigenvalue weighted by Gasteiger charge is 2.27. The molecule has 3 aromatic rings. The zero-order valence-corrected chi connectivity index (χ0v) is 15.7. The highest BCUT2D eigenvalue weighted by Crippen LogP contribution is 2.22. The van der Waals surface area contributed by atoms with Gasteiger partial charge in [-0.05, 0) is 37.1 Å². The van der Waals surface area contributed by atoms with E-state index in [1.165, 1.54) is 6.07 Å². The molecule has 0 saturated carbocycles. The quantitative estimate of drug-likeness (QED) is 0.714. The first-order valence-electron chi connectivity index (χ1n) is 9.35. The van der Waals surface area contributed by atoms with Gasteiger partial charge in [0.1, 0.15) is 17.2 Å². The van der Waals surface area contributed by atoms with Crippen LogP contribution in [0.15, 0.2) is 42.6 Å². The maximum absolute atomic E-state index is 14.0. The molecule has 1 aliphatic heterocycles. The number of carbonyl (C=O) groups is 1. The van der Waals surface area contributed by atoms with Gasteiger partial charge >= 0.3 is 0 Å². The van der Waals surface area contributed by atoms with Crippen molar-refractivity contribution in [1.29, 1.82) is 0 Å². The number of hydrogen-bond acceptors (Lipinski definition) is 3. The lowest BCUT2D eigenvalue weighted by Gasteiger charge is -2.36. The van der Waals surface area contributed by atoms with E-state index in [4.69, 9.17) is 0 Å². The minimum Gasteiger partial charge on any atom is -0.366 e. The minimum absolute atomic E-state index is 0.00173. The van der Waals surface area contributed by atoms with E-state index in [1.54, 1.807) is 12.1 Å². The van der Waals surface area contributed by atoms with Crippen LogP contribution in [0.2, 0.25) is 0 Å². The molecule has 1 aliphatic rings. The van der Waals surface area contributed by atoms with E-state index < -0.39 is 0 Å². The molecule has 0 atom stereocenters. The molecule has 0 unspecified atom stereocenters. The Labute approximate surface area is 158 Å². The van der Waals surface area contributed by atoms with Crippen LogP contribution >= 0.6 is 0 Å². The van der Waals surface area contributed by atoms with E-state index in [9.17, 15) is 9.18 Å². The number of halogens is 1. The number of rotatable bonds is 3. The molecule has 1 saturated heterocycles. The Morgan fingerprint density at radius 1 is 1.11 bits per heavy atom. The Kier molecular flexibility index (Phi) is 4.56. The highest BCUT2D eigenvalue weighted by atomic mass is 19.1. The molecule has 0 radical (unpaired) electrons. The molecular formula is C21H23FN4O. The molecular weight excluding hydrogens is 343 g/mol. The van der Waals surface area contributed by atoms with E-state index in [-0.39, 0.29) is 11.7 Å². The molecule has 0 spiro atoms. The topological polar surface area (TPSA) is 40.9 Å². The normalized spacial score (nSPS) is 14.8. The molecule has 2 aromatic heterocycles. The fourth-order valence-corrected chi connectivity index (χ4v) is 3.68. The van der Waals surface area contributed by atoms with Crippen molar-refractivity contribution in [3.05, 3.63) is 65.4 Å². The van der Waals surface area contributed by atoms with Crippen molar-refractivity contribution >= 4 is 17.2 Å². The Balaban J connectivity index is 1.57. The third-order valence-corrected chi connectivity index (χ3v) is 5.14. The molecule has 4 rings (SSSR count). The number of hydrogen-bond donors (Lipinski definition) is 0. The largest absolute Gasteiger partial charge is 0.366 e. The van der Waals surface area contributed by atoms with E-state index >= 15 is 0 Å². The van der Waals surface area contributed by atoms with E-state index in [1.807, 2.05) is 52.4 Å². The van der Waals surface area contributed by atoms with Crippen LogP contribution < -0.4 is 4.90 Å². The van der Waals surface area contributed by atoms with Crippen LogP contribution in [0.4, 0.5) is 10.1 Å². The monoisotopic (exact) mass is 366 g/mol. The van der Waals surface area contributed by atoms with Gasteiger partial charge in [-0.25, -0.2) is 9.37 Å². The molecule has 5 nitrogen and oxygen atoms in total. The van der Waals surface area contributed by atoms with Crippen LogP contribution in [0.5, 0.6) is 0 Å². The average Bonchev–Trinajstić information content (AvgIpc) is 3.05. The molecule has 3 heterocycles. The predicted octanol–water partition coefficient (Wildman–Crippen LogP) is 3.31. The number of nitrogens with zero attached hydrogens (tertiary/aromatic N) is 4. The van der Waals surface area contributed by atoms with Crippen molar-refractivity contribution < 1.29 is 9.18 Å². The Bertz CT molecular complexity index is 989. The SMILES string of the molecule is CCc1nc2ccc(C)cn2c1C(=O)N1CCN(c2ccccc2F)CC1. The van der Waals surface area contributed by atoms with Crippen molar-refractivity contribution in [3.63, 3.8) is 0 Å². The van der Waals surface area contributed by atoms with Crippen molar-refractivity contribution in [2.45, 2.75) is 20.3 Å². The van der Waals surface area contributed by atoms with Gasteiger partial charge in [-0.2, -0.15) is 0 Å². The lowest BCUT2D eigenvalue weighted by molar-refractivity contribution is 0.0738. The first-order chi connectivity index (χ1) is 13.1. The number of fused-ring (bicyclic) bond motifs is 1. The number of aryl methyl sites for hydroxylation is 2. The van der Waals surface area contributed by atoms with Crippen molar-refractivity contribution in [2.75, 3.05) is 31.1 Å². The first-order valence-corrected chi connectivity index (χ1v) is 9.35. The smallest absolute Gasteiger partial charge is 0.272 e. The maximum atomic E-state index is 14.0. The standard InChI is InChI=1S/C21H23FN4O/c1-3-17-20(26-14-15(2)8-9-19(26)23-17)21(27)25-12-10-24(11-13-25)18-7-5-4-6-16(18)22/h4-9,14H,3,10-13H2,1-2H3. The summed E-state index contributed by atoms with van der Waals surface area (Å²) in [5, 5.41) is 0. The van der Waals surface area contributed by atoms with Crippen molar-refractivity contribution in [3.8, 4) is 0 Å². The predicted molar refractivity (Wildman–Crippen MR) is 104 cm³/mol. The number of amides is 1. The lowest BCUT2D eigenvalue weighted by atomic mass is 10.2. The summed E-state index contributed by atoms with van der Waals surface area (Å²) in [5.41, 5.74) is 3.95. The number of piperazine rings is 1. The van der Waals surface area contributed by atoms with Crippen molar-refractivity contribution in [1.82, 2.24) is 14.3 Å². The van der Waals surface area contributed by atoms with Gasteiger partial charge in [0, 0.05) is 32.4 Å². The van der Waals surface area contributed by atoms with Crippen LogP contribution in [0.25, 0.3) is 5.65 Å². The fourth-order valence-electron chi connectivity index (χ4n) is 3.68. The van der Waals surface area contributed by atoms with Gasteiger partial charge in [-0.3, -0.25) is 9.20 Å². The maximum Gasteiger partial charge on any atom is 0.272 e. The summed E-state index contributed by atoms with van der Waals surface area (Å²) >= 11 is 0. The molecule has 0 N–H and O–H groups in total. The molecule has 6 heteroatoms. The number of benzene rings is 1. The second kappa shape index (κ2) is 7.02. The fraction of sp³-hybridized carbons (Fsp3) is 0.333. The summed E-state index contributed by atoms with van der Waals surface area (Å²) in [6.45, 7) is 6.38. The van der Waals surface area contributed by atoms with Gasteiger partial charge in [0.25, 0.3) is 5.91 Å². The molecule has 0 bridgehead atoms. The summed E-state index contributed by atoms with van der Waals surface area (Å²) in [6, 6.07) is 10.7. The van der Waals surface area contributed by atoms with E-state index in [0.717, 1.165) is 16.9 Å². The molecule has 140 valence electrons. The summed E-state index contributed by atoms with van der Waals surface area (Å²) in [6.07, 6.45) is 2.67. The second-order valence-corrected chi connectivity index (χ2v) is 6.93. The first kappa shape index (κ1) is 17.5. The summed E-state index contributed by atoms with van der Waals surface area (Å²) in [7, 11) is 0. The summed E-state index contributed by atoms with van der Waals surface area (Å²) in [5.74, 6) is -0.221. The summed E-state index contributed by atoms with van der Waals surface area (Å²) < 4.78 is 15.9. The second-order valence-electron chi connectivity index (χ2n) is 6.93. The van der Waals surface area contributed by atoms with Crippen molar-refractivity contribution in [2.24, 2.45) is 0 Å². The van der Waals surface area contributed by atoms with Gasteiger partial charge in [-0.1, -0.05) is 25.1 Å². The lowest BCUT2D eigenvalue weighted by Crippen LogP contribution is -2.49. The van der Waals surface area contributed by atoms with Gasteiger partial charge in [-0.15, -0.1) is 0 Å². The van der Waals surface area contributed by atoms with Gasteiger partial charge in [0.15, 0.2) is 0 Å². The molecule has 1 amide bonds. The number of para-hydroxylation sites is 1. The Morgan fingerprint density at radius 3 is 2.56 bits per heavy atom. The zero-order valence-electron chi connectivity index (χ0n) is 15.7. The molecule has 1 fully saturated rings. The van der Waals surface area contributed by atoms with E-state index in [2.05, 4.69) is 4.98 Å².